The molecule has 1 aromatic carbocycles. The quantitative estimate of drug-likeness (QED) is 0.531. The summed E-state index contributed by atoms with van der Waals surface area (Å²) < 4.78 is 34.7. The number of aliphatic imine (C=N–C) groups is 1. The van der Waals surface area contributed by atoms with Crippen molar-refractivity contribution in [3.05, 3.63) is 62.5 Å². The van der Waals surface area contributed by atoms with Crippen molar-refractivity contribution in [2.75, 3.05) is 13.2 Å². The Balaban J connectivity index is 1.28. The molecule has 2 fully saturated rings. The van der Waals surface area contributed by atoms with Crippen LogP contribution in [-0.2, 0) is 27.9 Å². The maximum atomic E-state index is 13.8. The molecule has 1 saturated carbocycles. The summed E-state index contributed by atoms with van der Waals surface area (Å²) in [5.41, 5.74) is 3.29. The zero-order chi connectivity index (χ0) is 25.5. The van der Waals surface area contributed by atoms with Gasteiger partial charge < -0.3 is 10.1 Å². The fraction of sp³-hybridized carbons (Fsp3) is 0.462. The normalized spacial score (nSPS) is 24.6. The summed E-state index contributed by atoms with van der Waals surface area (Å²) in [6.45, 7) is 1.45. The van der Waals surface area contributed by atoms with Crippen LogP contribution in [0.2, 0.25) is 5.02 Å². The first-order valence-electron chi connectivity index (χ1n) is 12.4. The van der Waals surface area contributed by atoms with Gasteiger partial charge in [0.1, 0.15) is 23.0 Å². The predicted molar refractivity (Wildman–Crippen MR) is 135 cm³/mol. The molecule has 0 bridgehead atoms. The molecule has 7 nitrogen and oxygen atoms in total. The number of aryl methyl sites for hydroxylation is 1. The van der Waals surface area contributed by atoms with Gasteiger partial charge in [0.15, 0.2) is 5.82 Å². The van der Waals surface area contributed by atoms with Crippen LogP contribution < -0.4 is 5.32 Å². The number of amides is 1. The van der Waals surface area contributed by atoms with E-state index in [1.807, 2.05) is 31.2 Å². The Morgan fingerprint density at radius 1 is 1.24 bits per heavy atom. The van der Waals surface area contributed by atoms with E-state index < -0.39 is 30.5 Å². The van der Waals surface area contributed by atoms with Crippen molar-refractivity contribution in [2.45, 2.75) is 56.5 Å². The molecule has 2 atom stereocenters. The summed E-state index contributed by atoms with van der Waals surface area (Å²) >= 11 is 8.32. The SMILES string of the molecule is Cc1nnc2n1-c1sc3c(c1C(c1ccccc1Cl)=NC21CC1)C[C@H](C(=O)N[C@@H]1COCC(F)(F)C1)C3. The number of nitrogens with zero attached hydrogens (tertiary/aromatic N) is 4. The average molecular weight is 544 g/mol. The van der Waals surface area contributed by atoms with Crippen LogP contribution in [0.15, 0.2) is 29.3 Å². The number of benzene rings is 1. The molecule has 11 heteroatoms. The van der Waals surface area contributed by atoms with Crippen LogP contribution in [-0.4, -0.2) is 51.6 Å². The maximum Gasteiger partial charge on any atom is 0.273 e. The van der Waals surface area contributed by atoms with E-state index in [4.69, 9.17) is 21.3 Å². The lowest BCUT2D eigenvalue weighted by atomic mass is 9.97. The molecule has 2 aromatic heterocycles. The van der Waals surface area contributed by atoms with Crippen LogP contribution >= 0.6 is 22.9 Å². The van der Waals surface area contributed by atoms with E-state index >= 15 is 0 Å². The highest BCUT2D eigenvalue weighted by atomic mass is 35.5. The second-order valence-electron chi connectivity index (χ2n) is 10.4. The third-order valence-electron chi connectivity index (χ3n) is 7.71. The molecule has 2 aliphatic heterocycles. The lowest BCUT2D eigenvalue weighted by molar-refractivity contribution is -0.138. The van der Waals surface area contributed by atoms with E-state index in [1.54, 1.807) is 11.3 Å². The Morgan fingerprint density at radius 2 is 2.05 bits per heavy atom. The molecular weight excluding hydrogens is 520 g/mol. The largest absolute Gasteiger partial charge is 0.373 e. The standard InChI is InChI=1S/C26H24ClF2N5O2S/c1-13-32-33-24-25(6-7-25)31-21(16-4-2-3-5-18(16)27)20-17-8-14(9-19(17)37-23(20)34(13)24)22(35)30-15-10-26(28,29)12-36-11-15/h2-5,14-15H,6-12H2,1H3,(H,30,35)/t14-,15-/m0/s1. The zero-order valence-corrected chi connectivity index (χ0v) is 21.6. The van der Waals surface area contributed by atoms with Gasteiger partial charge in [-0.05, 0) is 44.2 Å². The second-order valence-corrected chi connectivity index (χ2v) is 11.9. The van der Waals surface area contributed by atoms with E-state index in [0.717, 1.165) is 56.8 Å². The maximum absolute atomic E-state index is 13.8. The number of nitrogens with one attached hydrogen (secondary N) is 1. The van der Waals surface area contributed by atoms with Crippen molar-refractivity contribution in [2.24, 2.45) is 10.9 Å². The van der Waals surface area contributed by atoms with Crippen molar-refractivity contribution in [1.82, 2.24) is 20.1 Å². The molecule has 3 aromatic rings. The number of fused-ring (bicyclic) bond motifs is 6. The highest BCUT2D eigenvalue weighted by Crippen LogP contribution is 2.54. The third kappa shape index (κ3) is 3.75. The van der Waals surface area contributed by atoms with Crippen LogP contribution in [0.1, 0.15) is 52.5 Å². The van der Waals surface area contributed by atoms with Gasteiger partial charge in [-0.1, -0.05) is 29.8 Å². The van der Waals surface area contributed by atoms with Gasteiger partial charge in [0.05, 0.1) is 18.4 Å². The summed E-state index contributed by atoms with van der Waals surface area (Å²) in [6, 6.07) is 6.99. The van der Waals surface area contributed by atoms with Crippen molar-refractivity contribution < 1.29 is 18.3 Å². The Morgan fingerprint density at radius 3 is 2.81 bits per heavy atom. The lowest BCUT2D eigenvalue weighted by Gasteiger charge is -2.30. The van der Waals surface area contributed by atoms with Crippen molar-refractivity contribution in [1.29, 1.82) is 0 Å². The number of rotatable bonds is 3. The van der Waals surface area contributed by atoms with Crippen LogP contribution in [0.3, 0.4) is 0 Å². The minimum Gasteiger partial charge on any atom is -0.373 e. The van der Waals surface area contributed by atoms with E-state index in [1.165, 1.54) is 0 Å². The molecule has 2 aliphatic carbocycles. The van der Waals surface area contributed by atoms with Crippen LogP contribution in [0.4, 0.5) is 8.78 Å². The van der Waals surface area contributed by atoms with E-state index in [-0.39, 0.29) is 18.4 Å². The first kappa shape index (κ1) is 23.4. The molecule has 0 unspecified atom stereocenters. The third-order valence-corrected chi connectivity index (χ3v) is 9.28. The summed E-state index contributed by atoms with van der Waals surface area (Å²) in [5, 5.41) is 13.3. The van der Waals surface area contributed by atoms with Gasteiger partial charge in [-0.15, -0.1) is 21.5 Å². The minimum absolute atomic E-state index is 0.103. The number of carbonyl (C=O) groups is 1. The fourth-order valence-electron chi connectivity index (χ4n) is 5.78. The molecular formula is C26H24ClF2N5O2S. The Hall–Kier alpha value is -2.69. The highest BCUT2D eigenvalue weighted by Gasteiger charge is 2.52. The molecule has 4 heterocycles. The van der Waals surface area contributed by atoms with Crippen molar-refractivity contribution in [3.63, 3.8) is 0 Å². The first-order chi connectivity index (χ1) is 17.7. The van der Waals surface area contributed by atoms with Gasteiger partial charge in [-0.3, -0.25) is 14.4 Å². The Labute approximate surface area is 220 Å². The van der Waals surface area contributed by atoms with Gasteiger partial charge >= 0.3 is 0 Å². The highest BCUT2D eigenvalue weighted by molar-refractivity contribution is 7.15. The molecule has 4 aliphatic rings. The first-order valence-corrected chi connectivity index (χ1v) is 13.6. The summed E-state index contributed by atoms with van der Waals surface area (Å²) in [5.74, 6) is -1.83. The van der Waals surface area contributed by atoms with Gasteiger partial charge in [0.2, 0.25) is 5.91 Å². The van der Waals surface area contributed by atoms with Crippen LogP contribution in [0, 0.1) is 12.8 Å². The number of halogens is 3. The molecule has 1 N–H and O–H groups in total. The van der Waals surface area contributed by atoms with Crippen molar-refractivity contribution in [3.8, 4) is 5.00 Å². The lowest BCUT2D eigenvalue weighted by Crippen LogP contribution is -2.49. The molecule has 1 saturated heterocycles. The number of thiophene rings is 1. The Bertz CT molecular complexity index is 1480. The summed E-state index contributed by atoms with van der Waals surface area (Å²) in [7, 11) is 0. The van der Waals surface area contributed by atoms with Crippen molar-refractivity contribution >= 4 is 34.6 Å². The number of hydrogen-bond donors (Lipinski definition) is 1. The average Bonchev–Trinajstić information content (AvgIpc) is 3.18. The second kappa shape index (κ2) is 8.15. The number of hydrogen-bond acceptors (Lipinski definition) is 6. The van der Waals surface area contributed by atoms with Gasteiger partial charge in [-0.25, -0.2) is 8.78 Å². The Kier molecular flexibility index (Phi) is 5.16. The summed E-state index contributed by atoms with van der Waals surface area (Å²) in [4.78, 5) is 19.6. The molecule has 192 valence electrons. The molecule has 1 amide bonds. The topological polar surface area (TPSA) is 81.4 Å². The molecule has 0 radical (unpaired) electrons. The molecule has 37 heavy (non-hydrogen) atoms. The molecule has 7 rings (SSSR count). The van der Waals surface area contributed by atoms with E-state index in [9.17, 15) is 13.6 Å². The number of carbonyl (C=O) groups excluding carboxylic acids is 1. The van der Waals surface area contributed by atoms with Crippen LogP contribution in [0.5, 0.6) is 0 Å². The summed E-state index contributed by atoms with van der Waals surface area (Å²) in [6.07, 6.45) is 2.42. The zero-order valence-electron chi connectivity index (χ0n) is 20.1. The smallest absolute Gasteiger partial charge is 0.273 e. The van der Waals surface area contributed by atoms with Gasteiger partial charge in [0.25, 0.3) is 5.92 Å². The minimum atomic E-state index is -2.92. The van der Waals surface area contributed by atoms with E-state index in [2.05, 4.69) is 20.1 Å². The van der Waals surface area contributed by atoms with E-state index in [0.29, 0.717) is 17.9 Å². The fourth-order valence-corrected chi connectivity index (χ4v) is 7.46. The molecule has 1 spiro atoms. The van der Waals surface area contributed by atoms with Crippen LogP contribution in [0.25, 0.3) is 5.00 Å². The van der Waals surface area contributed by atoms with Gasteiger partial charge in [0, 0.05) is 33.4 Å². The number of ether oxygens (including phenoxy) is 1. The predicted octanol–water partition coefficient (Wildman–Crippen LogP) is 4.39. The van der Waals surface area contributed by atoms with Gasteiger partial charge in [-0.2, -0.15) is 0 Å². The monoisotopic (exact) mass is 543 g/mol. The number of alkyl halides is 2. The number of aromatic nitrogens is 3.